The van der Waals surface area contributed by atoms with Crippen molar-refractivity contribution in [3.63, 3.8) is 0 Å². The van der Waals surface area contributed by atoms with Gasteiger partial charge >= 0.3 is 0 Å². The fourth-order valence-electron chi connectivity index (χ4n) is 2.56. The minimum atomic E-state index is -0.237. The van der Waals surface area contributed by atoms with Crippen LogP contribution in [0.3, 0.4) is 0 Å². The number of amides is 1. The summed E-state index contributed by atoms with van der Waals surface area (Å²) < 4.78 is 0. The molecule has 2 fully saturated rings. The molecule has 1 saturated carbocycles. The highest BCUT2D eigenvalue weighted by Crippen LogP contribution is 2.44. The molecule has 1 heterocycles. The summed E-state index contributed by atoms with van der Waals surface area (Å²) in [6.45, 7) is 9.38. The van der Waals surface area contributed by atoms with E-state index < -0.39 is 0 Å². The van der Waals surface area contributed by atoms with Gasteiger partial charge < -0.3 is 10.6 Å². The molecule has 0 aromatic carbocycles. The lowest BCUT2D eigenvalue weighted by molar-refractivity contribution is -0.132. The van der Waals surface area contributed by atoms with Gasteiger partial charge in [0.25, 0.3) is 0 Å². The molecule has 0 spiro atoms. The number of hydrogen-bond acceptors (Lipinski definition) is 2. The minimum Gasteiger partial charge on any atom is -0.355 e. The SMILES string of the molecule is CC1(CNC(=O)C(C)(C)C2CCCNC2)CC1. The van der Waals surface area contributed by atoms with E-state index in [1.165, 1.54) is 25.7 Å². The van der Waals surface area contributed by atoms with E-state index in [1.807, 2.05) is 0 Å². The highest BCUT2D eigenvalue weighted by molar-refractivity contribution is 5.82. The van der Waals surface area contributed by atoms with E-state index >= 15 is 0 Å². The van der Waals surface area contributed by atoms with Crippen LogP contribution < -0.4 is 10.6 Å². The minimum absolute atomic E-state index is 0.235. The zero-order valence-electron chi connectivity index (χ0n) is 11.4. The topological polar surface area (TPSA) is 41.1 Å². The second kappa shape index (κ2) is 4.60. The molecule has 1 aliphatic carbocycles. The van der Waals surface area contributed by atoms with Crippen LogP contribution in [0.4, 0.5) is 0 Å². The van der Waals surface area contributed by atoms with Crippen molar-refractivity contribution in [3.05, 3.63) is 0 Å². The molecular formula is C14H26N2O. The van der Waals surface area contributed by atoms with Gasteiger partial charge in [-0.05, 0) is 50.1 Å². The van der Waals surface area contributed by atoms with Crippen LogP contribution in [-0.4, -0.2) is 25.5 Å². The number of carbonyl (C=O) groups excluding carboxylic acids is 1. The Labute approximate surface area is 105 Å². The largest absolute Gasteiger partial charge is 0.355 e. The molecular weight excluding hydrogens is 212 g/mol. The first-order chi connectivity index (χ1) is 7.94. The van der Waals surface area contributed by atoms with Crippen LogP contribution >= 0.6 is 0 Å². The first kappa shape index (κ1) is 12.9. The first-order valence-corrected chi connectivity index (χ1v) is 6.93. The number of carbonyl (C=O) groups is 1. The second-order valence-electron chi connectivity index (χ2n) is 6.76. The summed E-state index contributed by atoms with van der Waals surface area (Å²) in [5.41, 5.74) is 0.162. The van der Waals surface area contributed by atoms with Crippen molar-refractivity contribution >= 4 is 5.91 Å². The van der Waals surface area contributed by atoms with Crippen molar-refractivity contribution < 1.29 is 4.79 Å². The van der Waals surface area contributed by atoms with E-state index in [9.17, 15) is 4.79 Å². The normalized spacial score (nSPS) is 27.6. The lowest BCUT2D eigenvalue weighted by Gasteiger charge is -2.36. The van der Waals surface area contributed by atoms with Crippen LogP contribution in [-0.2, 0) is 4.79 Å². The number of rotatable bonds is 4. The molecule has 1 aliphatic heterocycles. The van der Waals surface area contributed by atoms with Gasteiger partial charge in [-0.25, -0.2) is 0 Å². The molecule has 1 unspecified atom stereocenters. The summed E-state index contributed by atoms with van der Waals surface area (Å²) in [4.78, 5) is 12.3. The summed E-state index contributed by atoms with van der Waals surface area (Å²) in [6.07, 6.45) is 4.89. The Morgan fingerprint density at radius 3 is 2.71 bits per heavy atom. The monoisotopic (exact) mass is 238 g/mol. The maximum Gasteiger partial charge on any atom is 0.226 e. The van der Waals surface area contributed by atoms with Gasteiger partial charge in [0.1, 0.15) is 0 Å². The molecule has 3 nitrogen and oxygen atoms in total. The molecule has 0 radical (unpaired) electrons. The number of piperidine rings is 1. The third kappa shape index (κ3) is 3.01. The average Bonchev–Trinajstić information content (AvgIpc) is 3.06. The molecule has 1 atom stereocenters. The molecule has 1 saturated heterocycles. The Morgan fingerprint density at radius 1 is 1.47 bits per heavy atom. The zero-order valence-corrected chi connectivity index (χ0v) is 11.4. The van der Waals surface area contributed by atoms with Gasteiger partial charge in [-0.15, -0.1) is 0 Å². The fraction of sp³-hybridized carbons (Fsp3) is 0.929. The van der Waals surface area contributed by atoms with Gasteiger partial charge in [-0.2, -0.15) is 0 Å². The lowest BCUT2D eigenvalue weighted by Crippen LogP contribution is -2.48. The smallest absolute Gasteiger partial charge is 0.226 e. The quantitative estimate of drug-likeness (QED) is 0.786. The van der Waals surface area contributed by atoms with Crippen LogP contribution in [0.25, 0.3) is 0 Å². The Hall–Kier alpha value is -0.570. The van der Waals surface area contributed by atoms with Gasteiger partial charge in [0, 0.05) is 12.0 Å². The van der Waals surface area contributed by atoms with Gasteiger partial charge in [0.05, 0.1) is 0 Å². The average molecular weight is 238 g/mol. The molecule has 0 aromatic rings. The third-order valence-electron chi connectivity index (χ3n) is 4.68. The van der Waals surface area contributed by atoms with Crippen LogP contribution in [0, 0.1) is 16.7 Å². The molecule has 17 heavy (non-hydrogen) atoms. The Morgan fingerprint density at radius 2 is 2.18 bits per heavy atom. The van der Waals surface area contributed by atoms with E-state index in [4.69, 9.17) is 0 Å². The van der Waals surface area contributed by atoms with Gasteiger partial charge in [-0.1, -0.05) is 20.8 Å². The summed E-state index contributed by atoms with van der Waals surface area (Å²) in [5.74, 6) is 0.711. The highest BCUT2D eigenvalue weighted by Gasteiger charge is 2.41. The molecule has 98 valence electrons. The van der Waals surface area contributed by atoms with Crippen molar-refractivity contribution in [2.75, 3.05) is 19.6 Å². The van der Waals surface area contributed by atoms with Crippen molar-refractivity contribution in [3.8, 4) is 0 Å². The Bertz CT molecular complexity index is 289. The Kier molecular flexibility index (Phi) is 3.48. The van der Waals surface area contributed by atoms with Crippen LogP contribution in [0.5, 0.6) is 0 Å². The maximum absolute atomic E-state index is 12.3. The molecule has 0 aromatic heterocycles. The van der Waals surface area contributed by atoms with E-state index in [1.54, 1.807) is 0 Å². The predicted molar refractivity (Wildman–Crippen MR) is 69.7 cm³/mol. The van der Waals surface area contributed by atoms with Gasteiger partial charge in [-0.3, -0.25) is 4.79 Å². The van der Waals surface area contributed by atoms with Crippen molar-refractivity contribution in [2.45, 2.75) is 46.5 Å². The third-order valence-corrected chi connectivity index (χ3v) is 4.68. The maximum atomic E-state index is 12.3. The lowest BCUT2D eigenvalue weighted by atomic mass is 9.74. The van der Waals surface area contributed by atoms with Crippen molar-refractivity contribution in [2.24, 2.45) is 16.7 Å². The number of hydrogen-bond donors (Lipinski definition) is 2. The molecule has 1 amide bonds. The van der Waals surface area contributed by atoms with E-state index in [0.717, 1.165) is 19.6 Å². The molecule has 2 aliphatic rings. The van der Waals surface area contributed by atoms with Crippen molar-refractivity contribution in [1.82, 2.24) is 10.6 Å². The summed E-state index contributed by atoms with van der Waals surface area (Å²) in [6, 6.07) is 0. The van der Waals surface area contributed by atoms with Crippen molar-refractivity contribution in [1.29, 1.82) is 0 Å². The van der Waals surface area contributed by atoms with Crippen LogP contribution in [0.2, 0.25) is 0 Å². The van der Waals surface area contributed by atoms with Gasteiger partial charge in [0.2, 0.25) is 5.91 Å². The molecule has 2 N–H and O–H groups in total. The first-order valence-electron chi connectivity index (χ1n) is 6.93. The van der Waals surface area contributed by atoms with Crippen LogP contribution in [0.1, 0.15) is 46.5 Å². The highest BCUT2D eigenvalue weighted by atomic mass is 16.2. The molecule has 2 rings (SSSR count). The molecule has 3 heteroatoms. The number of nitrogens with one attached hydrogen (secondary N) is 2. The van der Waals surface area contributed by atoms with E-state index in [-0.39, 0.29) is 11.3 Å². The Balaban J connectivity index is 1.86. The molecule has 0 bridgehead atoms. The summed E-state index contributed by atoms with van der Waals surface area (Å²) in [5, 5.41) is 6.56. The van der Waals surface area contributed by atoms with Crippen LogP contribution in [0.15, 0.2) is 0 Å². The van der Waals surface area contributed by atoms with Gasteiger partial charge in [0.15, 0.2) is 0 Å². The summed E-state index contributed by atoms with van der Waals surface area (Å²) >= 11 is 0. The van der Waals surface area contributed by atoms with E-state index in [0.29, 0.717) is 11.3 Å². The standard InChI is InChI=1S/C14H26N2O/c1-13(2,11-5-4-8-15-9-11)12(17)16-10-14(3)6-7-14/h11,15H,4-10H2,1-3H3,(H,16,17). The predicted octanol–water partition coefficient (Wildman–Crippen LogP) is 1.93. The summed E-state index contributed by atoms with van der Waals surface area (Å²) in [7, 11) is 0. The zero-order chi connectivity index (χ0) is 12.5. The van der Waals surface area contributed by atoms with E-state index in [2.05, 4.69) is 31.4 Å². The second-order valence-corrected chi connectivity index (χ2v) is 6.76. The fourth-order valence-corrected chi connectivity index (χ4v) is 2.56.